The number of ether oxygens (including phenoxy) is 2. The normalized spacial score (nSPS) is 11.4. The van der Waals surface area contributed by atoms with Crippen LogP contribution in [0.5, 0.6) is 5.75 Å². The first kappa shape index (κ1) is 20.6. The summed E-state index contributed by atoms with van der Waals surface area (Å²) in [6.45, 7) is 2.33. The monoisotopic (exact) mass is 453 g/mol. The number of anilines is 1. The molecule has 6 heteroatoms. The quantitative estimate of drug-likeness (QED) is 0.487. The van der Waals surface area contributed by atoms with E-state index in [2.05, 4.69) is 21.2 Å². The van der Waals surface area contributed by atoms with Crippen molar-refractivity contribution in [1.29, 1.82) is 0 Å². The van der Waals surface area contributed by atoms with Crippen LogP contribution in [-0.4, -0.2) is 18.5 Å². The van der Waals surface area contributed by atoms with Crippen LogP contribution in [0.15, 0.2) is 83.3 Å². The topological polar surface area (TPSA) is 64.6 Å². The molecule has 1 unspecified atom stereocenters. The van der Waals surface area contributed by atoms with E-state index in [0.29, 0.717) is 33.6 Å². The minimum absolute atomic E-state index is 0.343. The largest absolute Gasteiger partial charge is 0.492 e. The van der Waals surface area contributed by atoms with Crippen molar-refractivity contribution < 1.29 is 19.1 Å². The average Bonchev–Trinajstić information content (AvgIpc) is 2.74. The maximum atomic E-state index is 13.1. The molecule has 0 bridgehead atoms. The highest BCUT2D eigenvalue weighted by Gasteiger charge is 2.27. The third kappa shape index (κ3) is 5.23. The van der Waals surface area contributed by atoms with Gasteiger partial charge in [0.15, 0.2) is 0 Å². The molecule has 0 saturated carbocycles. The van der Waals surface area contributed by atoms with Gasteiger partial charge in [-0.2, -0.15) is 0 Å². The summed E-state index contributed by atoms with van der Waals surface area (Å²) in [5, 5.41) is 2.81. The lowest BCUT2D eigenvalue weighted by Crippen LogP contribution is -2.26. The first-order chi connectivity index (χ1) is 14.1. The number of benzene rings is 3. The number of carbonyl (C=O) groups is 2. The van der Waals surface area contributed by atoms with Gasteiger partial charge in [0.2, 0.25) is 6.10 Å². The van der Waals surface area contributed by atoms with E-state index in [4.69, 9.17) is 9.47 Å². The summed E-state index contributed by atoms with van der Waals surface area (Å²) >= 11 is 3.34. The molecule has 29 heavy (non-hydrogen) atoms. The van der Waals surface area contributed by atoms with E-state index in [1.165, 1.54) is 0 Å². The molecule has 3 aromatic carbocycles. The average molecular weight is 454 g/mol. The molecule has 0 heterocycles. The molecule has 1 amide bonds. The molecule has 0 aliphatic rings. The van der Waals surface area contributed by atoms with Gasteiger partial charge in [-0.05, 0) is 47.1 Å². The van der Waals surface area contributed by atoms with Crippen molar-refractivity contribution in [3.63, 3.8) is 0 Å². The van der Waals surface area contributed by atoms with E-state index in [1.807, 2.05) is 19.1 Å². The first-order valence-corrected chi connectivity index (χ1v) is 9.92. The third-order valence-electron chi connectivity index (χ3n) is 4.10. The van der Waals surface area contributed by atoms with E-state index in [9.17, 15) is 9.59 Å². The summed E-state index contributed by atoms with van der Waals surface area (Å²) < 4.78 is 11.8. The van der Waals surface area contributed by atoms with E-state index in [1.54, 1.807) is 66.7 Å². The van der Waals surface area contributed by atoms with Crippen LogP contribution in [0.4, 0.5) is 5.69 Å². The molecule has 0 spiro atoms. The van der Waals surface area contributed by atoms with Crippen molar-refractivity contribution in [2.24, 2.45) is 0 Å². The number of amides is 1. The predicted octanol–water partition coefficient (Wildman–Crippen LogP) is 5.38. The van der Waals surface area contributed by atoms with E-state index < -0.39 is 18.0 Å². The Morgan fingerprint density at radius 3 is 2.31 bits per heavy atom. The smallest absolute Gasteiger partial charge is 0.340 e. The van der Waals surface area contributed by atoms with Gasteiger partial charge >= 0.3 is 5.97 Å². The highest BCUT2D eigenvalue weighted by atomic mass is 79.9. The van der Waals surface area contributed by atoms with Gasteiger partial charge in [-0.15, -0.1) is 0 Å². The summed E-state index contributed by atoms with van der Waals surface area (Å²) in [6.07, 6.45) is -1.12. The highest BCUT2D eigenvalue weighted by molar-refractivity contribution is 9.10. The Balaban J connectivity index is 1.87. The Bertz CT molecular complexity index is 991. The molecule has 0 radical (unpaired) electrons. The summed E-state index contributed by atoms with van der Waals surface area (Å²) in [5.74, 6) is -0.518. The van der Waals surface area contributed by atoms with Crippen molar-refractivity contribution in [2.75, 3.05) is 11.9 Å². The molecule has 1 atom stereocenters. The second-order valence-corrected chi connectivity index (χ2v) is 6.95. The number of carbonyl (C=O) groups excluding carboxylic acids is 2. The van der Waals surface area contributed by atoms with Crippen molar-refractivity contribution in [1.82, 2.24) is 0 Å². The fraction of sp³-hybridized carbons (Fsp3) is 0.130. The zero-order valence-electron chi connectivity index (χ0n) is 15.8. The first-order valence-electron chi connectivity index (χ1n) is 9.13. The number of para-hydroxylation sites is 2. The van der Waals surface area contributed by atoms with Crippen molar-refractivity contribution >= 4 is 33.5 Å². The summed E-state index contributed by atoms with van der Waals surface area (Å²) in [7, 11) is 0. The Morgan fingerprint density at radius 1 is 0.931 bits per heavy atom. The fourth-order valence-electron chi connectivity index (χ4n) is 2.75. The Morgan fingerprint density at radius 2 is 1.59 bits per heavy atom. The van der Waals surface area contributed by atoms with Gasteiger partial charge in [0.1, 0.15) is 5.75 Å². The Kier molecular flexibility index (Phi) is 7.03. The van der Waals surface area contributed by atoms with E-state index in [0.717, 1.165) is 0 Å². The number of nitrogens with one attached hydrogen (secondary N) is 1. The molecule has 0 fully saturated rings. The number of hydrogen-bond acceptors (Lipinski definition) is 4. The molecule has 148 valence electrons. The Labute approximate surface area is 177 Å². The lowest BCUT2D eigenvalue weighted by Gasteiger charge is -2.19. The van der Waals surface area contributed by atoms with Gasteiger partial charge in [-0.1, -0.05) is 54.6 Å². The fourth-order valence-corrected chi connectivity index (χ4v) is 3.19. The van der Waals surface area contributed by atoms with E-state index in [-0.39, 0.29) is 0 Å². The van der Waals surface area contributed by atoms with Crippen LogP contribution in [0.25, 0.3) is 0 Å². The lowest BCUT2D eigenvalue weighted by atomic mass is 10.1. The lowest BCUT2D eigenvalue weighted by molar-refractivity contribution is -0.125. The number of hydrogen-bond donors (Lipinski definition) is 1. The Hall–Kier alpha value is -3.12. The van der Waals surface area contributed by atoms with Crippen molar-refractivity contribution in [2.45, 2.75) is 13.0 Å². The predicted molar refractivity (Wildman–Crippen MR) is 115 cm³/mol. The zero-order chi connectivity index (χ0) is 20.6. The number of halogens is 1. The third-order valence-corrected chi connectivity index (χ3v) is 4.80. The molecule has 0 aliphatic heterocycles. The SMILES string of the molecule is CCOc1ccccc1NC(=O)C(OC(=O)c1ccccc1Br)c1ccccc1. The van der Waals surface area contributed by atoms with Gasteiger partial charge in [0, 0.05) is 10.0 Å². The summed E-state index contributed by atoms with van der Waals surface area (Å²) in [6, 6.07) is 22.9. The molecule has 3 rings (SSSR count). The van der Waals surface area contributed by atoms with Crippen molar-refractivity contribution in [3.05, 3.63) is 94.5 Å². The van der Waals surface area contributed by atoms with Gasteiger partial charge < -0.3 is 14.8 Å². The van der Waals surface area contributed by atoms with Gasteiger partial charge in [0.25, 0.3) is 5.91 Å². The van der Waals surface area contributed by atoms with E-state index >= 15 is 0 Å². The standard InChI is InChI=1S/C23H20BrNO4/c1-2-28-20-15-9-8-14-19(20)25-22(26)21(16-10-4-3-5-11-16)29-23(27)17-12-6-7-13-18(17)24/h3-15,21H,2H2,1H3,(H,25,26). The van der Waals surface area contributed by atoms with Crippen molar-refractivity contribution in [3.8, 4) is 5.75 Å². The minimum atomic E-state index is -1.12. The number of rotatable bonds is 7. The van der Waals surface area contributed by atoms with Crippen LogP contribution in [0.3, 0.4) is 0 Å². The van der Waals surface area contributed by atoms with Crippen LogP contribution in [-0.2, 0) is 9.53 Å². The molecular weight excluding hydrogens is 434 g/mol. The second-order valence-electron chi connectivity index (χ2n) is 6.09. The second kappa shape index (κ2) is 9.89. The summed E-state index contributed by atoms with van der Waals surface area (Å²) in [4.78, 5) is 25.8. The van der Waals surface area contributed by atoms with Crippen LogP contribution in [0.1, 0.15) is 28.9 Å². The molecule has 0 saturated heterocycles. The van der Waals surface area contributed by atoms with Gasteiger partial charge in [0.05, 0.1) is 17.9 Å². The number of esters is 1. The summed E-state index contributed by atoms with van der Waals surface area (Å²) in [5.41, 5.74) is 1.42. The molecular formula is C23H20BrNO4. The van der Waals surface area contributed by atoms with Gasteiger partial charge in [-0.3, -0.25) is 4.79 Å². The van der Waals surface area contributed by atoms with Crippen LogP contribution in [0.2, 0.25) is 0 Å². The minimum Gasteiger partial charge on any atom is -0.492 e. The maximum absolute atomic E-state index is 13.1. The maximum Gasteiger partial charge on any atom is 0.340 e. The molecule has 5 nitrogen and oxygen atoms in total. The highest BCUT2D eigenvalue weighted by Crippen LogP contribution is 2.28. The van der Waals surface area contributed by atoms with Crippen LogP contribution < -0.4 is 10.1 Å². The van der Waals surface area contributed by atoms with Crippen LogP contribution in [0, 0.1) is 0 Å². The molecule has 3 aromatic rings. The zero-order valence-corrected chi connectivity index (χ0v) is 17.4. The van der Waals surface area contributed by atoms with Gasteiger partial charge in [-0.25, -0.2) is 4.79 Å². The molecule has 1 N–H and O–H groups in total. The molecule has 0 aliphatic carbocycles. The van der Waals surface area contributed by atoms with Crippen LogP contribution >= 0.6 is 15.9 Å². The molecule has 0 aromatic heterocycles.